The van der Waals surface area contributed by atoms with Gasteiger partial charge in [-0.3, -0.25) is 5.10 Å². The number of aromatic nitrogens is 5. The molecule has 3 N–H and O–H groups in total. The number of fused-ring (bicyclic) bond motifs is 1. The molecule has 3 aromatic heterocycles. The summed E-state index contributed by atoms with van der Waals surface area (Å²) in [4.78, 5) is 8.19. The number of nitrogens with zero attached hydrogens (tertiary/aromatic N) is 4. The Morgan fingerprint density at radius 3 is 3.00 bits per heavy atom. The van der Waals surface area contributed by atoms with E-state index in [9.17, 15) is 0 Å². The molecule has 0 bridgehead atoms. The van der Waals surface area contributed by atoms with Crippen LogP contribution in [0.25, 0.3) is 22.6 Å². The smallest absolute Gasteiger partial charge is 0.244 e. The first-order valence-electron chi connectivity index (χ1n) is 6.72. The third-order valence-electron chi connectivity index (χ3n) is 3.28. The number of H-pyrrole nitrogens is 1. The predicted octanol–water partition coefficient (Wildman–Crippen LogP) is 1.84. The molecule has 4 aromatic rings. The van der Waals surface area contributed by atoms with Crippen LogP contribution in [0.4, 0.5) is 0 Å². The first-order valence-corrected chi connectivity index (χ1v) is 6.72. The number of aromatic amines is 1. The molecule has 0 saturated carbocycles. The molecule has 8 heteroatoms. The highest BCUT2D eigenvalue weighted by molar-refractivity contribution is 5.77. The van der Waals surface area contributed by atoms with Gasteiger partial charge in [0.1, 0.15) is 17.7 Å². The summed E-state index contributed by atoms with van der Waals surface area (Å²) in [5, 5.41) is 11.3. The van der Waals surface area contributed by atoms with E-state index in [1.54, 1.807) is 0 Å². The van der Waals surface area contributed by atoms with Gasteiger partial charge in [-0.05, 0) is 12.1 Å². The van der Waals surface area contributed by atoms with Gasteiger partial charge in [0.2, 0.25) is 11.7 Å². The molecule has 0 spiro atoms. The molecule has 110 valence electrons. The highest BCUT2D eigenvalue weighted by atomic mass is 16.5. The Bertz CT molecular complexity index is 862. The van der Waals surface area contributed by atoms with Gasteiger partial charge in [-0.2, -0.15) is 10.1 Å². The lowest BCUT2D eigenvalue weighted by molar-refractivity contribution is 0.348. The summed E-state index contributed by atoms with van der Waals surface area (Å²) in [5.41, 5.74) is 6.94. The Morgan fingerprint density at radius 1 is 1.27 bits per heavy atom. The van der Waals surface area contributed by atoms with Crippen LogP contribution < -0.4 is 5.73 Å². The molecule has 0 amide bonds. The SMILES string of the molecule is NC(Cc1cc2ccccc2o1)c1nc(-c2ncn[nH]2)no1. The van der Waals surface area contributed by atoms with Crippen LogP contribution in [-0.4, -0.2) is 25.3 Å². The average molecular weight is 296 g/mol. The summed E-state index contributed by atoms with van der Waals surface area (Å²) < 4.78 is 10.9. The fourth-order valence-corrected chi connectivity index (χ4v) is 2.24. The van der Waals surface area contributed by atoms with Crippen LogP contribution in [0.3, 0.4) is 0 Å². The zero-order valence-electron chi connectivity index (χ0n) is 11.4. The van der Waals surface area contributed by atoms with Crippen molar-refractivity contribution in [2.75, 3.05) is 0 Å². The molecular weight excluding hydrogens is 284 g/mol. The van der Waals surface area contributed by atoms with Gasteiger partial charge in [0.15, 0.2) is 5.82 Å². The average Bonchev–Trinajstić information content (AvgIpc) is 3.26. The molecule has 0 saturated heterocycles. The standard InChI is InChI=1S/C14H12N6O2/c15-10(6-9-5-8-3-1-2-4-11(8)21-9)14-18-13(20-22-14)12-16-7-17-19-12/h1-5,7,10H,6,15H2,(H,16,17,19). The van der Waals surface area contributed by atoms with E-state index in [1.165, 1.54) is 6.33 Å². The summed E-state index contributed by atoms with van der Waals surface area (Å²) in [5.74, 6) is 1.86. The van der Waals surface area contributed by atoms with Crippen molar-refractivity contribution in [3.8, 4) is 11.6 Å². The van der Waals surface area contributed by atoms with Crippen molar-refractivity contribution in [1.82, 2.24) is 25.3 Å². The van der Waals surface area contributed by atoms with Crippen molar-refractivity contribution in [3.63, 3.8) is 0 Å². The molecular formula is C14H12N6O2. The Balaban J connectivity index is 1.55. The van der Waals surface area contributed by atoms with Gasteiger partial charge >= 0.3 is 0 Å². The minimum Gasteiger partial charge on any atom is -0.461 e. The van der Waals surface area contributed by atoms with E-state index in [1.807, 2.05) is 30.3 Å². The maximum Gasteiger partial charge on any atom is 0.244 e. The Labute approximate surface area is 124 Å². The van der Waals surface area contributed by atoms with Gasteiger partial charge in [0.25, 0.3) is 0 Å². The molecule has 8 nitrogen and oxygen atoms in total. The lowest BCUT2D eigenvalue weighted by Crippen LogP contribution is -2.13. The zero-order chi connectivity index (χ0) is 14.9. The second kappa shape index (κ2) is 5.08. The highest BCUT2D eigenvalue weighted by Crippen LogP contribution is 2.23. The lowest BCUT2D eigenvalue weighted by atomic mass is 10.1. The lowest BCUT2D eigenvalue weighted by Gasteiger charge is -2.02. The summed E-state index contributed by atoms with van der Waals surface area (Å²) in [6.07, 6.45) is 1.84. The van der Waals surface area contributed by atoms with Crippen molar-refractivity contribution in [2.24, 2.45) is 5.73 Å². The summed E-state index contributed by atoms with van der Waals surface area (Å²) in [6.45, 7) is 0. The van der Waals surface area contributed by atoms with E-state index in [-0.39, 0.29) is 0 Å². The Kier molecular flexibility index (Phi) is 2.94. The maximum atomic E-state index is 6.11. The van der Waals surface area contributed by atoms with Gasteiger partial charge in [-0.15, -0.1) is 0 Å². The molecule has 1 aromatic carbocycles. The van der Waals surface area contributed by atoms with Crippen LogP contribution >= 0.6 is 0 Å². The molecule has 0 aliphatic heterocycles. The number of hydrogen-bond donors (Lipinski definition) is 2. The number of benzene rings is 1. The van der Waals surface area contributed by atoms with Crippen LogP contribution in [0.2, 0.25) is 0 Å². The minimum atomic E-state index is -0.454. The van der Waals surface area contributed by atoms with Gasteiger partial charge < -0.3 is 14.7 Å². The third-order valence-corrected chi connectivity index (χ3v) is 3.28. The quantitative estimate of drug-likeness (QED) is 0.589. The molecule has 0 fully saturated rings. The highest BCUT2D eigenvalue weighted by Gasteiger charge is 2.19. The molecule has 0 radical (unpaired) electrons. The molecule has 0 aliphatic rings. The van der Waals surface area contributed by atoms with Crippen LogP contribution in [-0.2, 0) is 6.42 Å². The van der Waals surface area contributed by atoms with E-state index in [4.69, 9.17) is 14.7 Å². The summed E-state index contributed by atoms with van der Waals surface area (Å²) >= 11 is 0. The van der Waals surface area contributed by atoms with Gasteiger partial charge in [-0.1, -0.05) is 23.4 Å². The summed E-state index contributed by atoms with van der Waals surface area (Å²) in [7, 11) is 0. The molecule has 0 aliphatic carbocycles. The largest absolute Gasteiger partial charge is 0.461 e. The number of furan rings is 1. The summed E-state index contributed by atoms with van der Waals surface area (Å²) in [6, 6.07) is 9.30. The van der Waals surface area contributed by atoms with Gasteiger partial charge in [0.05, 0.1) is 6.04 Å². The Hall–Kier alpha value is -3.00. The van der Waals surface area contributed by atoms with E-state index < -0.39 is 6.04 Å². The second-order valence-corrected chi connectivity index (χ2v) is 4.85. The van der Waals surface area contributed by atoms with Crippen molar-refractivity contribution >= 4 is 11.0 Å². The van der Waals surface area contributed by atoms with E-state index in [0.29, 0.717) is 24.0 Å². The van der Waals surface area contributed by atoms with E-state index in [0.717, 1.165) is 16.7 Å². The topological polar surface area (TPSA) is 120 Å². The van der Waals surface area contributed by atoms with Crippen LogP contribution in [0.1, 0.15) is 17.7 Å². The van der Waals surface area contributed by atoms with Crippen molar-refractivity contribution in [3.05, 3.63) is 48.3 Å². The van der Waals surface area contributed by atoms with Crippen molar-refractivity contribution < 1.29 is 8.94 Å². The molecule has 22 heavy (non-hydrogen) atoms. The number of hydrogen-bond acceptors (Lipinski definition) is 7. The first-order chi connectivity index (χ1) is 10.8. The maximum absolute atomic E-state index is 6.11. The number of nitrogens with two attached hydrogens (primary N) is 1. The fraction of sp³-hybridized carbons (Fsp3) is 0.143. The molecule has 1 atom stereocenters. The van der Waals surface area contributed by atoms with Crippen molar-refractivity contribution in [1.29, 1.82) is 0 Å². The van der Waals surface area contributed by atoms with Gasteiger partial charge in [-0.25, -0.2) is 4.98 Å². The Morgan fingerprint density at radius 2 is 2.18 bits per heavy atom. The molecule has 4 rings (SSSR count). The van der Waals surface area contributed by atoms with Crippen LogP contribution in [0, 0.1) is 0 Å². The molecule has 1 unspecified atom stereocenters. The fourth-order valence-electron chi connectivity index (χ4n) is 2.24. The van der Waals surface area contributed by atoms with Gasteiger partial charge in [0, 0.05) is 11.8 Å². The normalized spacial score (nSPS) is 12.8. The monoisotopic (exact) mass is 296 g/mol. The minimum absolute atomic E-state index is 0.326. The van der Waals surface area contributed by atoms with Crippen molar-refractivity contribution in [2.45, 2.75) is 12.5 Å². The molecule has 3 heterocycles. The third kappa shape index (κ3) is 2.25. The number of rotatable bonds is 4. The predicted molar refractivity (Wildman–Crippen MR) is 76.5 cm³/mol. The van der Waals surface area contributed by atoms with E-state index in [2.05, 4.69) is 25.3 Å². The number of para-hydroxylation sites is 1. The second-order valence-electron chi connectivity index (χ2n) is 4.85. The van der Waals surface area contributed by atoms with Crippen LogP contribution in [0.15, 0.2) is 45.6 Å². The number of nitrogens with one attached hydrogen (secondary N) is 1. The van der Waals surface area contributed by atoms with E-state index >= 15 is 0 Å². The van der Waals surface area contributed by atoms with Crippen LogP contribution in [0.5, 0.6) is 0 Å². The zero-order valence-corrected chi connectivity index (χ0v) is 11.4. The first kappa shape index (κ1) is 12.7.